The van der Waals surface area contributed by atoms with Crippen molar-refractivity contribution in [1.29, 1.82) is 0 Å². The zero-order chi connectivity index (χ0) is 31.2. The Morgan fingerprint density at radius 2 is 0.787 bits per heavy atom. The second kappa shape index (κ2) is 11.1. The molecule has 9 rings (SSSR count). The van der Waals surface area contributed by atoms with Gasteiger partial charge in [-0.25, -0.2) is 0 Å². The second-order valence-corrected chi connectivity index (χ2v) is 12.5. The van der Waals surface area contributed by atoms with E-state index in [1.54, 1.807) is 0 Å². The van der Waals surface area contributed by atoms with Crippen molar-refractivity contribution in [3.63, 3.8) is 0 Å². The van der Waals surface area contributed by atoms with Gasteiger partial charge in [-0.15, -0.1) is 0 Å². The number of rotatable bonds is 5. The Labute approximate surface area is 276 Å². The summed E-state index contributed by atoms with van der Waals surface area (Å²) in [7, 11) is 0. The third-order valence-corrected chi connectivity index (χ3v) is 9.93. The summed E-state index contributed by atoms with van der Waals surface area (Å²) < 4.78 is 0. The first-order valence-corrected chi connectivity index (χ1v) is 16.3. The van der Waals surface area contributed by atoms with Crippen molar-refractivity contribution in [1.82, 2.24) is 0 Å². The summed E-state index contributed by atoms with van der Waals surface area (Å²) in [5.74, 6) is 0. The van der Waals surface area contributed by atoms with Gasteiger partial charge in [-0.2, -0.15) is 0 Å². The Morgan fingerprint density at radius 1 is 0.255 bits per heavy atom. The highest BCUT2D eigenvalue weighted by molar-refractivity contribution is 5.91. The summed E-state index contributed by atoms with van der Waals surface area (Å²) in [5.41, 5.74) is 14.7. The molecule has 8 aromatic rings. The summed E-state index contributed by atoms with van der Waals surface area (Å²) in [6.45, 7) is 0. The molecule has 1 unspecified atom stereocenters. The standard InChI is InChI=1S/C47H32/c1-3-13-33(14-4-1)35-17-11-18-36(29-35)37-19-12-20-38(30-37)40-26-28-44-43-23-9-10-24-45(43)47(46(44)32-40,41-21-5-2-6-22-41)42-27-25-34-15-7-8-16-39(34)31-42/h1-32H. The van der Waals surface area contributed by atoms with Crippen LogP contribution in [0.2, 0.25) is 0 Å². The van der Waals surface area contributed by atoms with Gasteiger partial charge < -0.3 is 0 Å². The zero-order valence-corrected chi connectivity index (χ0v) is 26.0. The third kappa shape index (κ3) is 4.45. The van der Waals surface area contributed by atoms with Crippen molar-refractivity contribution >= 4 is 10.8 Å². The topological polar surface area (TPSA) is 0 Å². The molecular weight excluding hydrogens is 565 g/mol. The summed E-state index contributed by atoms with van der Waals surface area (Å²) in [5, 5.41) is 2.51. The van der Waals surface area contributed by atoms with Crippen molar-refractivity contribution in [2.24, 2.45) is 0 Å². The quantitative estimate of drug-likeness (QED) is 0.185. The third-order valence-electron chi connectivity index (χ3n) is 9.93. The molecule has 0 amide bonds. The Kier molecular flexibility index (Phi) is 6.47. The molecule has 220 valence electrons. The first-order chi connectivity index (χ1) is 23.3. The molecule has 0 fully saturated rings. The van der Waals surface area contributed by atoms with Crippen LogP contribution in [0, 0.1) is 0 Å². The van der Waals surface area contributed by atoms with Gasteiger partial charge in [0.2, 0.25) is 0 Å². The number of hydrogen-bond donors (Lipinski definition) is 0. The minimum absolute atomic E-state index is 0.450. The van der Waals surface area contributed by atoms with Crippen LogP contribution in [0.25, 0.3) is 55.3 Å². The molecule has 1 atom stereocenters. The molecule has 0 aromatic heterocycles. The number of hydrogen-bond acceptors (Lipinski definition) is 0. The molecule has 0 bridgehead atoms. The van der Waals surface area contributed by atoms with E-state index in [2.05, 4.69) is 194 Å². The Morgan fingerprint density at radius 3 is 1.51 bits per heavy atom. The number of benzene rings is 8. The van der Waals surface area contributed by atoms with Gasteiger partial charge >= 0.3 is 0 Å². The minimum atomic E-state index is -0.450. The van der Waals surface area contributed by atoms with Crippen LogP contribution in [0.1, 0.15) is 22.3 Å². The van der Waals surface area contributed by atoms with Crippen LogP contribution in [-0.2, 0) is 5.41 Å². The fourth-order valence-corrected chi connectivity index (χ4v) is 7.75. The van der Waals surface area contributed by atoms with E-state index in [9.17, 15) is 0 Å². The van der Waals surface area contributed by atoms with Crippen LogP contribution < -0.4 is 0 Å². The van der Waals surface area contributed by atoms with Crippen LogP contribution in [0.5, 0.6) is 0 Å². The average molecular weight is 597 g/mol. The van der Waals surface area contributed by atoms with Gasteiger partial charge in [-0.05, 0) is 102 Å². The van der Waals surface area contributed by atoms with E-state index in [0.717, 1.165) is 0 Å². The fraction of sp³-hybridized carbons (Fsp3) is 0.0213. The smallest absolute Gasteiger partial charge is 0.0622 e. The van der Waals surface area contributed by atoms with Crippen LogP contribution in [-0.4, -0.2) is 0 Å². The van der Waals surface area contributed by atoms with Gasteiger partial charge in [-0.3, -0.25) is 0 Å². The van der Waals surface area contributed by atoms with E-state index < -0.39 is 5.41 Å². The maximum absolute atomic E-state index is 2.46. The minimum Gasteiger partial charge on any atom is -0.0622 e. The van der Waals surface area contributed by atoms with Gasteiger partial charge in [0, 0.05) is 0 Å². The molecule has 47 heavy (non-hydrogen) atoms. The molecule has 1 aliphatic carbocycles. The fourth-order valence-electron chi connectivity index (χ4n) is 7.75. The summed E-state index contributed by atoms with van der Waals surface area (Å²) in [6.07, 6.45) is 0. The van der Waals surface area contributed by atoms with E-state index in [1.807, 2.05) is 0 Å². The van der Waals surface area contributed by atoms with Gasteiger partial charge in [0.15, 0.2) is 0 Å². The zero-order valence-electron chi connectivity index (χ0n) is 26.0. The van der Waals surface area contributed by atoms with Gasteiger partial charge in [0.1, 0.15) is 0 Å². The maximum Gasteiger partial charge on any atom is 0.0713 e. The van der Waals surface area contributed by atoms with Crippen molar-refractivity contribution in [3.8, 4) is 44.5 Å². The molecule has 0 saturated carbocycles. The molecule has 1 aliphatic rings. The molecule has 0 heterocycles. The molecule has 0 N–H and O–H groups in total. The molecule has 0 radical (unpaired) electrons. The Balaban J connectivity index is 1.24. The molecular formula is C47H32. The largest absolute Gasteiger partial charge is 0.0713 e. The normalized spacial score (nSPS) is 14.9. The van der Waals surface area contributed by atoms with Crippen LogP contribution in [0.3, 0.4) is 0 Å². The maximum atomic E-state index is 2.46. The SMILES string of the molecule is c1ccc(-c2cccc(-c3cccc(-c4ccc5c(c4)C(c4ccccc4)(c4ccc6ccccc6c4)c4ccccc4-5)c3)c2)cc1. The molecule has 0 heteroatoms. The monoisotopic (exact) mass is 596 g/mol. The summed E-state index contributed by atoms with van der Waals surface area (Å²) in [6, 6.07) is 71.4. The van der Waals surface area contributed by atoms with Crippen LogP contribution in [0.15, 0.2) is 194 Å². The first kappa shape index (κ1) is 27.3. The highest BCUT2D eigenvalue weighted by atomic mass is 14.5. The highest BCUT2D eigenvalue weighted by Gasteiger charge is 2.46. The summed E-state index contributed by atoms with van der Waals surface area (Å²) >= 11 is 0. The van der Waals surface area contributed by atoms with Crippen molar-refractivity contribution in [2.45, 2.75) is 5.41 Å². The van der Waals surface area contributed by atoms with Gasteiger partial charge in [-0.1, -0.05) is 170 Å². The lowest BCUT2D eigenvalue weighted by molar-refractivity contribution is 0.770. The lowest BCUT2D eigenvalue weighted by Crippen LogP contribution is -2.28. The van der Waals surface area contributed by atoms with E-state index >= 15 is 0 Å². The number of fused-ring (bicyclic) bond motifs is 4. The van der Waals surface area contributed by atoms with Crippen molar-refractivity contribution in [3.05, 3.63) is 216 Å². The molecule has 0 saturated heterocycles. The predicted molar refractivity (Wildman–Crippen MR) is 198 cm³/mol. The van der Waals surface area contributed by atoms with Crippen molar-refractivity contribution < 1.29 is 0 Å². The molecule has 0 nitrogen and oxygen atoms in total. The van der Waals surface area contributed by atoms with Crippen LogP contribution in [0.4, 0.5) is 0 Å². The molecule has 8 aromatic carbocycles. The summed E-state index contributed by atoms with van der Waals surface area (Å²) in [4.78, 5) is 0. The molecule has 0 spiro atoms. The van der Waals surface area contributed by atoms with E-state index in [-0.39, 0.29) is 0 Å². The average Bonchev–Trinajstić information content (AvgIpc) is 3.46. The Hall–Kier alpha value is -5.98. The van der Waals surface area contributed by atoms with E-state index in [1.165, 1.54) is 77.5 Å². The van der Waals surface area contributed by atoms with Crippen molar-refractivity contribution in [2.75, 3.05) is 0 Å². The molecule has 0 aliphatic heterocycles. The van der Waals surface area contributed by atoms with E-state index in [4.69, 9.17) is 0 Å². The predicted octanol–water partition coefficient (Wildman–Crippen LogP) is 12.2. The van der Waals surface area contributed by atoms with Crippen LogP contribution >= 0.6 is 0 Å². The van der Waals surface area contributed by atoms with Gasteiger partial charge in [0.05, 0.1) is 5.41 Å². The second-order valence-electron chi connectivity index (χ2n) is 12.5. The Bertz CT molecular complexity index is 2400. The first-order valence-electron chi connectivity index (χ1n) is 16.3. The van der Waals surface area contributed by atoms with E-state index in [0.29, 0.717) is 0 Å². The highest BCUT2D eigenvalue weighted by Crippen LogP contribution is 2.57. The lowest BCUT2D eigenvalue weighted by atomic mass is 9.67. The lowest BCUT2D eigenvalue weighted by Gasteiger charge is -2.34. The van der Waals surface area contributed by atoms with Gasteiger partial charge in [0.25, 0.3) is 0 Å².